The molecule has 1 aromatic carbocycles. The zero-order valence-electron chi connectivity index (χ0n) is 10.6. The minimum atomic E-state index is -0.437. The van der Waals surface area contributed by atoms with Gasteiger partial charge in [0.25, 0.3) is 0 Å². The number of halogens is 1. The molecular weight excluding hydrogens is 324 g/mol. The minimum absolute atomic E-state index is 0.196. The summed E-state index contributed by atoms with van der Waals surface area (Å²) in [7, 11) is 0. The summed E-state index contributed by atoms with van der Waals surface area (Å²) in [6.45, 7) is 1.72. The number of nitriles is 1. The predicted octanol–water partition coefficient (Wildman–Crippen LogP) is 2.59. The maximum Gasteiger partial charge on any atom is 0.249 e. The number of rotatable bonds is 4. The highest BCUT2D eigenvalue weighted by Gasteiger charge is 2.17. The van der Waals surface area contributed by atoms with Gasteiger partial charge in [-0.15, -0.1) is 0 Å². The van der Waals surface area contributed by atoms with E-state index < -0.39 is 6.04 Å². The van der Waals surface area contributed by atoms with Gasteiger partial charge in [0.15, 0.2) is 0 Å². The first-order valence-electron chi connectivity index (χ1n) is 5.86. The SMILES string of the molecule is C[C@H](NC(=O)CC#N)c1nc(-c2ccc(Br)cc2)no1. The molecule has 1 aromatic heterocycles. The molecule has 7 heteroatoms. The van der Waals surface area contributed by atoms with Crippen LogP contribution in [0.3, 0.4) is 0 Å². The molecule has 0 unspecified atom stereocenters. The fourth-order valence-electron chi connectivity index (χ4n) is 1.55. The number of carbonyl (C=O) groups is 1. The number of carbonyl (C=O) groups excluding carboxylic acids is 1. The fraction of sp³-hybridized carbons (Fsp3) is 0.231. The summed E-state index contributed by atoms with van der Waals surface area (Å²) in [5, 5.41) is 14.9. The van der Waals surface area contributed by atoms with Crippen LogP contribution in [0.5, 0.6) is 0 Å². The number of hydrogen-bond donors (Lipinski definition) is 1. The lowest BCUT2D eigenvalue weighted by atomic mass is 10.2. The number of aromatic nitrogens is 2. The van der Waals surface area contributed by atoms with Crippen LogP contribution in [0.15, 0.2) is 33.3 Å². The molecule has 0 aliphatic rings. The van der Waals surface area contributed by atoms with Crippen molar-refractivity contribution in [1.82, 2.24) is 15.5 Å². The van der Waals surface area contributed by atoms with E-state index in [1.165, 1.54) is 0 Å². The molecular formula is C13H11BrN4O2. The molecule has 0 aliphatic carbocycles. The van der Waals surface area contributed by atoms with E-state index in [1.54, 1.807) is 13.0 Å². The summed E-state index contributed by atoms with van der Waals surface area (Å²) in [5.74, 6) is 0.381. The molecule has 1 heterocycles. The topological polar surface area (TPSA) is 91.8 Å². The molecule has 0 bridgehead atoms. The van der Waals surface area contributed by atoms with Crippen LogP contribution in [0.25, 0.3) is 11.4 Å². The second kappa shape index (κ2) is 6.30. The molecule has 0 saturated heterocycles. The number of nitrogens with zero attached hydrogens (tertiary/aromatic N) is 3. The van der Waals surface area contributed by atoms with Crippen LogP contribution in [0.2, 0.25) is 0 Å². The third-order valence-electron chi connectivity index (χ3n) is 2.53. The highest BCUT2D eigenvalue weighted by atomic mass is 79.9. The number of hydrogen-bond acceptors (Lipinski definition) is 5. The van der Waals surface area contributed by atoms with Crippen molar-refractivity contribution in [2.75, 3.05) is 0 Å². The Balaban J connectivity index is 2.10. The second-order valence-electron chi connectivity index (χ2n) is 4.09. The van der Waals surface area contributed by atoms with Crippen LogP contribution in [-0.2, 0) is 4.79 Å². The van der Waals surface area contributed by atoms with Gasteiger partial charge in [0.05, 0.1) is 6.07 Å². The standard InChI is InChI=1S/C13H11BrN4O2/c1-8(16-11(19)6-7-15)13-17-12(18-20-13)9-2-4-10(14)5-3-9/h2-5,8H,6H2,1H3,(H,16,19)/t8-/m0/s1. The van der Waals surface area contributed by atoms with Gasteiger partial charge in [-0.1, -0.05) is 21.1 Å². The van der Waals surface area contributed by atoms with E-state index in [0.717, 1.165) is 10.0 Å². The fourth-order valence-corrected chi connectivity index (χ4v) is 1.82. The Kier molecular flexibility index (Phi) is 4.48. The van der Waals surface area contributed by atoms with Gasteiger partial charge in [-0.25, -0.2) is 0 Å². The summed E-state index contributed by atoms with van der Waals surface area (Å²) in [6, 6.07) is 8.81. The predicted molar refractivity (Wildman–Crippen MR) is 74.2 cm³/mol. The second-order valence-corrected chi connectivity index (χ2v) is 5.00. The van der Waals surface area contributed by atoms with Gasteiger partial charge in [0, 0.05) is 10.0 Å². The third-order valence-corrected chi connectivity index (χ3v) is 3.06. The molecule has 0 fully saturated rings. The molecule has 1 amide bonds. The van der Waals surface area contributed by atoms with E-state index in [1.807, 2.05) is 24.3 Å². The highest BCUT2D eigenvalue weighted by Crippen LogP contribution is 2.20. The van der Waals surface area contributed by atoms with Crippen LogP contribution < -0.4 is 5.32 Å². The van der Waals surface area contributed by atoms with E-state index in [0.29, 0.717) is 11.7 Å². The summed E-state index contributed by atoms with van der Waals surface area (Å²) in [5.41, 5.74) is 0.818. The van der Waals surface area contributed by atoms with Crippen molar-refractivity contribution in [2.45, 2.75) is 19.4 Å². The molecule has 0 aliphatic heterocycles. The number of amides is 1. The van der Waals surface area contributed by atoms with Gasteiger partial charge in [-0.3, -0.25) is 4.79 Å². The van der Waals surface area contributed by atoms with Gasteiger partial charge in [0.2, 0.25) is 17.6 Å². The average molecular weight is 335 g/mol. The van der Waals surface area contributed by atoms with E-state index >= 15 is 0 Å². The Hall–Kier alpha value is -2.20. The van der Waals surface area contributed by atoms with E-state index in [2.05, 4.69) is 31.4 Å². The van der Waals surface area contributed by atoms with Crippen molar-refractivity contribution >= 4 is 21.8 Å². The molecule has 1 N–H and O–H groups in total. The smallest absolute Gasteiger partial charge is 0.249 e. The van der Waals surface area contributed by atoms with Gasteiger partial charge in [-0.05, 0) is 31.2 Å². The molecule has 6 nitrogen and oxygen atoms in total. The number of nitrogens with one attached hydrogen (secondary N) is 1. The third kappa shape index (κ3) is 3.42. The summed E-state index contributed by atoms with van der Waals surface area (Å²) < 4.78 is 6.08. The monoisotopic (exact) mass is 334 g/mol. The summed E-state index contributed by atoms with van der Waals surface area (Å²) >= 11 is 3.35. The quantitative estimate of drug-likeness (QED) is 0.927. The van der Waals surface area contributed by atoms with Gasteiger partial charge >= 0.3 is 0 Å². The van der Waals surface area contributed by atoms with Crippen molar-refractivity contribution in [3.05, 3.63) is 34.6 Å². The molecule has 20 heavy (non-hydrogen) atoms. The Morgan fingerprint density at radius 2 is 2.20 bits per heavy atom. The lowest BCUT2D eigenvalue weighted by Gasteiger charge is -2.06. The molecule has 1 atom stereocenters. The molecule has 0 radical (unpaired) electrons. The Bertz CT molecular complexity index is 645. The van der Waals surface area contributed by atoms with Crippen molar-refractivity contribution in [1.29, 1.82) is 5.26 Å². The first-order valence-corrected chi connectivity index (χ1v) is 6.65. The lowest BCUT2D eigenvalue weighted by Crippen LogP contribution is -2.26. The van der Waals surface area contributed by atoms with Gasteiger partial charge in [-0.2, -0.15) is 10.2 Å². The van der Waals surface area contributed by atoms with Crippen LogP contribution in [0.1, 0.15) is 25.3 Å². The molecule has 2 aromatic rings. The average Bonchev–Trinajstić information content (AvgIpc) is 2.89. The molecule has 0 spiro atoms. The van der Waals surface area contributed by atoms with Crippen molar-refractivity contribution in [3.8, 4) is 17.5 Å². The molecule has 2 rings (SSSR count). The van der Waals surface area contributed by atoms with E-state index in [-0.39, 0.29) is 12.3 Å². The first kappa shape index (κ1) is 14.2. The largest absolute Gasteiger partial charge is 0.344 e. The Morgan fingerprint density at radius 1 is 1.50 bits per heavy atom. The zero-order chi connectivity index (χ0) is 14.5. The summed E-state index contributed by atoms with van der Waals surface area (Å²) in [4.78, 5) is 15.5. The lowest BCUT2D eigenvalue weighted by molar-refractivity contribution is -0.120. The van der Waals surface area contributed by atoms with Gasteiger partial charge in [0.1, 0.15) is 12.5 Å². The summed E-state index contributed by atoms with van der Waals surface area (Å²) in [6.07, 6.45) is -0.196. The van der Waals surface area contributed by atoms with Crippen LogP contribution in [-0.4, -0.2) is 16.0 Å². The van der Waals surface area contributed by atoms with Crippen molar-refractivity contribution in [3.63, 3.8) is 0 Å². The van der Waals surface area contributed by atoms with E-state index in [4.69, 9.17) is 9.78 Å². The normalized spacial score (nSPS) is 11.7. The van der Waals surface area contributed by atoms with Gasteiger partial charge < -0.3 is 9.84 Å². The zero-order valence-corrected chi connectivity index (χ0v) is 12.2. The minimum Gasteiger partial charge on any atom is -0.344 e. The van der Waals surface area contributed by atoms with Crippen LogP contribution >= 0.6 is 15.9 Å². The maximum absolute atomic E-state index is 11.3. The molecule has 0 saturated carbocycles. The van der Waals surface area contributed by atoms with Crippen molar-refractivity contribution < 1.29 is 9.32 Å². The molecule has 102 valence electrons. The van der Waals surface area contributed by atoms with E-state index in [9.17, 15) is 4.79 Å². The Labute approximate surface area is 123 Å². The first-order chi connectivity index (χ1) is 9.60. The van der Waals surface area contributed by atoms with Crippen LogP contribution in [0.4, 0.5) is 0 Å². The maximum atomic E-state index is 11.3. The van der Waals surface area contributed by atoms with Crippen LogP contribution in [0, 0.1) is 11.3 Å². The van der Waals surface area contributed by atoms with Crippen molar-refractivity contribution in [2.24, 2.45) is 0 Å². The highest BCUT2D eigenvalue weighted by molar-refractivity contribution is 9.10. The number of benzene rings is 1. The Morgan fingerprint density at radius 3 is 2.85 bits per heavy atom.